The fourth-order valence-electron chi connectivity index (χ4n) is 0.610. The molecule has 0 heterocycles. The number of hydrogen-bond donors (Lipinski definition) is 1. The van der Waals surface area contributed by atoms with Crippen molar-refractivity contribution in [3.63, 3.8) is 0 Å². The van der Waals surface area contributed by atoms with Crippen LogP contribution in [0.5, 0.6) is 11.5 Å². The van der Waals surface area contributed by atoms with Crippen molar-refractivity contribution in [2.24, 2.45) is 0 Å². The highest BCUT2D eigenvalue weighted by molar-refractivity contribution is 5.36. The third kappa shape index (κ3) is 5.55. The Bertz CT molecular complexity index is 247. The minimum absolute atomic E-state index is 0.231. The fourth-order valence-corrected chi connectivity index (χ4v) is 0.610. The molecule has 0 atom stereocenters. The molecule has 0 aromatic heterocycles. The maximum atomic E-state index is 8.95. The van der Waals surface area contributed by atoms with Gasteiger partial charge < -0.3 is 14.6 Å². The zero-order valence-corrected chi connectivity index (χ0v) is 7.56. The smallest absolute Gasteiger partial charge is 0.292 e. The monoisotopic (exact) mass is 184 g/mol. The highest BCUT2D eigenvalue weighted by Crippen LogP contribution is 2.16. The molecule has 4 nitrogen and oxygen atoms in total. The Hall–Kier alpha value is -1.71. The Morgan fingerprint density at radius 2 is 2.00 bits per heavy atom. The summed E-state index contributed by atoms with van der Waals surface area (Å²) in [5.74, 6) is 0.907. The summed E-state index contributed by atoms with van der Waals surface area (Å²) >= 11 is 0. The molecule has 0 amide bonds. The van der Waals surface area contributed by atoms with Gasteiger partial charge in [-0.25, -0.2) is 0 Å². The molecule has 0 spiro atoms. The van der Waals surface area contributed by atoms with Crippen LogP contribution in [0, 0.1) is 0 Å². The molecule has 0 saturated carbocycles. The summed E-state index contributed by atoms with van der Waals surface area (Å²) in [5.41, 5.74) is 0. The second kappa shape index (κ2) is 6.97. The maximum absolute atomic E-state index is 8.95. The second-order valence-electron chi connectivity index (χ2n) is 2.03. The number of ether oxygens (including phenoxy) is 2. The zero-order valence-electron chi connectivity index (χ0n) is 7.56. The van der Waals surface area contributed by atoms with Gasteiger partial charge in [0.15, 0.2) is 0 Å². The maximum Gasteiger partial charge on any atom is 0.292 e. The van der Waals surface area contributed by atoms with Crippen LogP contribution in [0.4, 0.5) is 0 Å². The van der Waals surface area contributed by atoms with E-state index < -0.39 is 0 Å². The number of phenols is 1. The van der Waals surface area contributed by atoms with Gasteiger partial charge in [0.25, 0.3) is 6.47 Å². The minimum atomic E-state index is 0.231. The molecule has 0 aliphatic rings. The van der Waals surface area contributed by atoms with Gasteiger partial charge in [-0.1, -0.05) is 6.07 Å². The van der Waals surface area contributed by atoms with E-state index in [-0.39, 0.29) is 5.75 Å². The number of rotatable bonds is 2. The van der Waals surface area contributed by atoms with Gasteiger partial charge in [-0.15, -0.1) is 0 Å². The zero-order chi connectivity index (χ0) is 10.1. The van der Waals surface area contributed by atoms with E-state index in [9.17, 15) is 0 Å². The number of carbonyl (C=O) groups excluding carboxylic acids is 1. The first kappa shape index (κ1) is 11.3. The second-order valence-corrected chi connectivity index (χ2v) is 2.03. The molecule has 0 saturated heterocycles. The van der Waals surface area contributed by atoms with Crippen molar-refractivity contribution in [1.82, 2.24) is 0 Å². The fraction of sp³-hybridized carbons (Fsp3) is 0.222. The van der Waals surface area contributed by atoms with Crippen molar-refractivity contribution < 1.29 is 19.4 Å². The van der Waals surface area contributed by atoms with E-state index in [1.165, 1.54) is 7.11 Å². The average molecular weight is 184 g/mol. The predicted octanol–water partition coefficient (Wildman–Crippen LogP) is 1.19. The summed E-state index contributed by atoms with van der Waals surface area (Å²) in [6.45, 7) is 0.375. The molecule has 0 bridgehead atoms. The molecule has 13 heavy (non-hydrogen) atoms. The third-order valence-corrected chi connectivity index (χ3v) is 1.15. The molecule has 1 N–H and O–H groups in total. The third-order valence-electron chi connectivity index (χ3n) is 1.15. The van der Waals surface area contributed by atoms with Gasteiger partial charge in [-0.3, -0.25) is 4.79 Å². The SMILES string of the molecule is COC=O.COc1cccc(O)c1. The molecular formula is C9H12O4. The van der Waals surface area contributed by atoms with Crippen molar-refractivity contribution in [2.75, 3.05) is 14.2 Å². The van der Waals surface area contributed by atoms with Crippen LogP contribution in [0.2, 0.25) is 0 Å². The first-order valence-corrected chi connectivity index (χ1v) is 3.54. The number of phenolic OH excluding ortho intramolecular Hbond substituents is 1. The Labute approximate surface area is 76.7 Å². The molecule has 1 aromatic carbocycles. The molecule has 72 valence electrons. The quantitative estimate of drug-likeness (QED) is 0.701. The van der Waals surface area contributed by atoms with Gasteiger partial charge in [0, 0.05) is 6.07 Å². The summed E-state index contributed by atoms with van der Waals surface area (Å²) in [5, 5.41) is 8.86. The normalized spacial score (nSPS) is 7.85. The number of carbonyl (C=O) groups is 1. The lowest BCUT2D eigenvalue weighted by Gasteiger charge is -1.97. The first-order chi connectivity index (χ1) is 6.24. The summed E-state index contributed by atoms with van der Waals surface area (Å²) < 4.78 is 8.70. The van der Waals surface area contributed by atoms with Gasteiger partial charge >= 0.3 is 0 Å². The number of aromatic hydroxyl groups is 1. The van der Waals surface area contributed by atoms with E-state index in [0.29, 0.717) is 12.2 Å². The van der Waals surface area contributed by atoms with E-state index in [0.717, 1.165) is 0 Å². The molecule has 0 fully saturated rings. The Kier molecular flexibility index (Phi) is 6.05. The molecule has 1 rings (SSSR count). The lowest BCUT2D eigenvalue weighted by molar-refractivity contribution is -0.126. The number of benzene rings is 1. The van der Waals surface area contributed by atoms with Gasteiger partial charge in [-0.05, 0) is 12.1 Å². The van der Waals surface area contributed by atoms with E-state index in [4.69, 9.17) is 14.6 Å². The van der Waals surface area contributed by atoms with Gasteiger partial charge in [0.1, 0.15) is 11.5 Å². The molecule has 0 radical (unpaired) electrons. The molecule has 4 heteroatoms. The lowest BCUT2D eigenvalue weighted by Crippen LogP contribution is -1.79. The summed E-state index contributed by atoms with van der Waals surface area (Å²) in [6, 6.07) is 6.66. The number of hydrogen-bond acceptors (Lipinski definition) is 4. The molecule has 0 aliphatic heterocycles. The summed E-state index contributed by atoms with van der Waals surface area (Å²) in [7, 11) is 2.88. The van der Waals surface area contributed by atoms with Crippen molar-refractivity contribution in [1.29, 1.82) is 0 Å². The molecule has 1 aromatic rings. The molecular weight excluding hydrogens is 172 g/mol. The van der Waals surface area contributed by atoms with Crippen molar-refractivity contribution in [2.45, 2.75) is 0 Å². The highest BCUT2D eigenvalue weighted by Gasteiger charge is 1.88. The van der Waals surface area contributed by atoms with Gasteiger partial charge in [0.05, 0.1) is 14.2 Å². The van der Waals surface area contributed by atoms with Crippen molar-refractivity contribution >= 4 is 6.47 Å². The van der Waals surface area contributed by atoms with Crippen LogP contribution in [-0.2, 0) is 9.53 Å². The van der Waals surface area contributed by atoms with Crippen molar-refractivity contribution in [3.8, 4) is 11.5 Å². The van der Waals surface area contributed by atoms with Crippen LogP contribution in [0.15, 0.2) is 24.3 Å². The molecule has 0 unspecified atom stereocenters. The van der Waals surface area contributed by atoms with E-state index in [1.807, 2.05) is 0 Å². The minimum Gasteiger partial charge on any atom is -0.508 e. The standard InChI is InChI=1S/C7H8O2.C2H4O2/c1-9-7-4-2-3-6(8)5-7;1-4-2-3/h2-5,8H,1H3;2H,1H3. The Balaban J connectivity index is 0.000000310. The van der Waals surface area contributed by atoms with Crippen LogP contribution in [0.3, 0.4) is 0 Å². The topological polar surface area (TPSA) is 55.8 Å². The summed E-state index contributed by atoms with van der Waals surface area (Å²) in [4.78, 5) is 8.95. The van der Waals surface area contributed by atoms with Crippen molar-refractivity contribution in [3.05, 3.63) is 24.3 Å². The Morgan fingerprint density at radius 3 is 2.31 bits per heavy atom. The van der Waals surface area contributed by atoms with Crippen LogP contribution in [0.1, 0.15) is 0 Å². The van der Waals surface area contributed by atoms with Crippen LogP contribution in [-0.4, -0.2) is 25.8 Å². The molecule has 0 aliphatic carbocycles. The van der Waals surface area contributed by atoms with E-state index in [1.54, 1.807) is 31.4 Å². The number of methoxy groups -OCH3 is 2. The van der Waals surface area contributed by atoms with E-state index >= 15 is 0 Å². The predicted molar refractivity (Wildman–Crippen MR) is 47.7 cm³/mol. The van der Waals surface area contributed by atoms with Crippen LogP contribution >= 0.6 is 0 Å². The first-order valence-electron chi connectivity index (χ1n) is 3.54. The van der Waals surface area contributed by atoms with Crippen LogP contribution < -0.4 is 4.74 Å². The average Bonchev–Trinajstić information content (AvgIpc) is 2.18. The lowest BCUT2D eigenvalue weighted by atomic mass is 10.3. The highest BCUT2D eigenvalue weighted by atomic mass is 16.5. The Morgan fingerprint density at radius 1 is 1.38 bits per heavy atom. The van der Waals surface area contributed by atoms with E-state index in [2.05, 4.69) is 4.74 Å². The summed E-state index contributed by atoms with van der Waals surface area (Å²) in [6.07, 6.45) is 0. The van der Waals surface area contributed by atoms with Crippen LogP contribution in [0.25, 0.3) is 0 Å². The largest absolute Gasteiger partial charge is 0.508 e. The van der Waals surface area contributed by atoms with Gasteiger partial charge in [0.2, 0.25) is 0 Å². The van der Waals surface area contributed by atoms with Gasteiger partial charge in [-0.2, -0.15) is 0 Å².